The second-order valence-electron chi connectivity index (χ2n) is 5.39. The molecule has 96 valence electrons. The first-order chi connectivity index (χ1) is 9.92. The number of rotatable bonds is 2. The molecule has 0 saturated carbocycles. The average molecular weight is 256 g/mol. The van der Waals surface area contributed by atoms with E-state index in [0.717, 1.165) is 0 Å². The molecule has 0 atom stereocenters. The van der Waals surface area contributed by atoms with Crippen LogP contribution in [0.4, 0.5) is 0 Å². The van der Waals surface area contributed by atoms with Crippen molar-refractivity contribution in [1.82, 2.24) is 0 Å². The molecule has 0 saturated heterocycles. The molecule has 0 N–H and O–H groups in total. The molecule has 0 bridgehead atoms. The molecule has 0 nitrogen and oxygen atoms in total. The molecule has 2 aliphatic rings. The molecule has 20 heavy (non-hydrogen) atoms. The van der Waals surface area contributed by atoms with Crippen LogP contribution in [-0.2, 0) is 0 Å². The van der Waals surface area contributed by atoms with E-state index in [2.05, 4.69) is 72.8 Å². The Morgan fingerprint density at radius 1 is 0.600 bits per heavy atom. The van der Waals surface area contributed by atoms with Crippen molar-refractivity contribution in [2.45, 2.75) is 12.8 Å². The summed E-state index contributed by atoms with van der Waals surface area (Å²) in [6.45, 7) is 0. The largest absolute Gasteiger partial charge is 0.0622 e. The molecule has 0 aromatic heterocycles. The lowest BCUT2D eigenvalue weighted by Crippen LogP contribution is -1.82. The zero-order valence-corrected chi connectivity index (χ0v) is 11.3. The van der Waals surface area contributed by atoms with Crippen molar-refractivity contribution in [1.29, 1.82) is 0 Å². The van der Waals surface area contributed by atoms with Crippen LogP contribution in [0.3, 0.4) is 0 Å². The maximum Gasteiger partial charge on any atom is -0.0175 e. The summed E-state index contributed by atoms with van der Waals surface area (Å²) in [4.78, 5) is 0. The van der Waals surface area contributed by atoms with Crippen molar-refractivity contribution < 1.29 is 0 Å². The third kappa shape index (κ3) is 1.85. The van der Waals surface area contributed by atoms with E-state index in [9.17, 15) is 0 Å². The fourth-order valence-electron chi connectivity index (χ4n) is 3.17. The fourth-order valence-corrected chi connectivity index (χ4v) is 3.17. The molecule has 2 aromatic rings. The van der Waals surface area contributed by atoms with Crippen LogP contribution in [0.25, 0.3) is 11.1 Å². The van der Waals surface area contributed by atoms with Crippen molar-refractivity contribution in [3.05, 3.63) is 95.1 Å². The maximum absolute atomic E-state index is 2.36. The van der Waals surface area contributed by atoms with Gasteiger partial charge in [0, 0.05) is 0 Å². The van der Waals surface area contributed by atoms with Gasteiger partial charge >= 0.3 is 0 Å². The van der Waals surface area contributed by atoms with Crippen LogP contribution in [0, 0.1) is 0 Å². The van der Waals surface area contributed by atoms with E-state index in [1.54, 1.807) is 0 Å². The molecule has 0 amide bonds. The number of fused-ring (bicyclic) bond motifs is 1. The van der Waals surface area contributed by atoms with Crippen LogP contribution in [0.15, 0.2) is 84.0 Å². The first-order valence-corrected chi connectivity index (χ1v) is 7.18. The summed E-state index contributed by atoms with van der Waals surface area (Å²) >= 11 is 0. The van der Waals surface area contributed by atoms with Gasteiger partial charge in [0.05, 0.1) is 0 Å². The van der Waals surface area contributed by atoms with Gasteiger partial charge in [0.25, 0.3) is 0 Å². The highest BCUT2D eigenvalue weighted by molar-refractivity contribution is 5.91. The summed E-state index contributed by atoms with van der Waals surface area (Å²) in [5.74, 6) is 0. The summed E-state index contributed by atoms with van der Waals surface area (Å²) in [7, 11) is 0. The fraction of sp³-hybridized carbons (Fsp3) is 0.100. The Bertz CT molecular complexity index is 728. The number of benzene rings is 2. The second kappa shape index (κ2) is 4.64. The van der Waals surface area contributed by atoms with Gasteiger partial charge in [-0.25, -0.2) is 0 Å². The van der Waals surface area contributed by atoms with E-state index >= 15 is 0 Å². The average Bonchev–Trinajstić information content (AvgIpc) is 3.09. The highest BCUT2D eigenvalue weighted by Gasteiger charge is 2.23. The molecule has 0 spiro atoms. The summed E-state index contributed by atoms with van der Waals surface area (Å²) in [5, 5.41) is 0. The summed E-state index contributed by atoms with van der Waals surface area (Å²) in [6.07, 6.45) is 7.07. The Kier molecular flexibility index (Phi) is 2.67. The van der Waals surface area contributed by atoms with Crippen molar-refractivity contribution >= 4 is 11.1 Å². The Morgan fingerprint density at radius 2 is 1.25 bits per heavy atom. The van der Waals surface area contributed by atoms with Crippen LogP contribution < -0.4 is 0 Å². The minimum Gasteiger partial charge on any atom is -0.0622 e. The first kappa shape index (κ1) is 11.5. The van der Waals surface area contributed by atoms with Crippen molar-refractivity contribution in [2.24, 2.45) is 0 Å². The van der Waals surface area contributed by atoms with Crippen molar-refractivity contribution in [3.8, 4) is 0 Å². The van der Waals surface area contributed by atoms with Gasteiger partial charge in [-0.3, -0.25) is 0 Å². The van der Waals surface area contributed by atoms with Gasteiger partial charge in [-0.05, 0) is 52.3 Å². The molecule has 0 heteroatoms. The van der Waals surface area contributed by atoms with Crippen LogP contribution in [0.5, 0.6) is 0 Å². The summed E-state index contributed by atoms with van der Waals surface area (Å²) in [5.41, 5.74) is 8.50. The van der Waals surface area contributed by atoms with Gasteiger partial charge in [-0.1, -0.05) is 66.7 Å². The van der Waals surface area contributed by atoms with Crippen LogP contribution >= 0.6 is 0 Å². The van der Waals surface area contributed by atoms with Gasteiger partial charge in [0.15, 0.2) is 0 Å². The number of hydrogen-bond acceptors (Lipinski definition) is 0. The molecule has 0 heterocycles. The normalized spacial score (nSPS) is 17.0. The Balaban J connectivity index is 1.80. The predicted octanol–water partition coefficient (Wildman–Crippen LogP) is 5.26. The lowest BCUT2D eigenvalue weighted by molar-refractivity contribution is 1.07. The predicted molar refractivity (Wildman–Crippen MR) is 85.1 cm³/mol. The van der Waals surface area contributed by atoms with E-state index in [0.29, 0.717) is 0 Å². The van der Waals surface area contributed by atoms with Crippen molar-refractivity contribution in [3.63, 3.8) is 0 Å². The molecule has 4 rings (SSSR count). The highest BCUT2D eigenvalue weighted by atomic mass is 14.3. The molecule has 0 radical (unpaired) electrons. The summed E-state index contributed by atoms with van der Waals surface area (Å²) in [6, 6.07) is 21.4. The number of allylic oxidation sites excluding steroid dienone is 6. The van der Waals surface area contributed by atoms with Crippen molar-refractivity contribution in [2.75, 3.05) is 0 Å². The van der Waals surface area contributed by atoms with E-state index in [1.165, 1.54) is 46.3 Å². The van der Waals surface area contributed by atoms with Crippen LogP contribution in [0.1, 0.15) is 24.0 Å². The van der Waals surface area contributed by atoms with E-state index in [4.69, 9.17) is 0 Å². The first-order valence-electron chi connectivity index (χ1n) is 7.18. The van der Waals surface area contributed by atoms with Crippen LogP contribution in [0.2, 0.25) is 0 Å². The zero-order valence-electron chi connectivity index (χ0n) is 11.3. The van der Waals surface area contributed by atoms with E-state index in [1.807, 2.05) is 0 Å². The summed E-state index contributed by atoms with van der Waals surface area (Å²) < 4.78 is 0. The lowest BCUT2D eigenvalue weighted by atomic mass is 10.0. The molecular formula is C20H16. The Morgan fingerprint density at radius 3 is 1.95 bits per heavy atom. The third-order valence-electron chi connectivity index (χ3n) is 4.17. The van der Waals surface area contributed by atoms with Gasteiger partial charge in [-0.15, -0.1) is 0 Å². The third-order valence-corrected chi connectivity index (χ3v) is 4.17. The lowest BCUT2D eigenvalue weighted by Gasteiger charge is -2.03. The standard InChI is InChI=1S/C20H16/c1-3-7-15(8-4-1)18-13-17-11-12-19(20(17)14-18)16-9-5-2-6-10-16/h1-10,13-14H,11-12H2. The van der Waals surface area contributed by atoms with E-state index in [-0.39, 0.29) is 0 Å². The molecule has 0 unspecified atom stereocenters. The topological polar surface area (TPSA) is 0 Å². The SMILES string of the molecule is C1=C2CCC(c3ccccc3)=C2C=C1c1ccccc1. The van der Waals surface area contributed by atoms with Crippen LogP contribution in [-0.4, -0.2) is 0 Å². The molecule has 0 fully saturated rings. The molecule has 0 aliphatic heterocycles. The monoisotopic (exact) mass is 256 g/mol. The maximum atomic E-state index is 2.36. The van der Waals surface area contributed by atoms with Gasteiger partial charge in [0.1, 0.15) is 0 Å². The van der Waals surface area contributed by atoms with E-state index < -0.39 is 0 Å². The van der Waals surface area contributed by atoms with Gasteiger partial charge in [-0.2, -0.15) is 0 Å². The minimum atomic E-state index is 1.17. The molecule has 2 aromatic carbocycles. The van der Waals surface area contributed by atoms with Gasteiger partial charge in [0.2, 0.25) is 0 Å². The molecule has 2 aliphatic carbocycles. The molecular weight excluding hydrogens is 240 g/mol. The Hall–Kier alpha value is -2.34. The van der Waals surface area contributed by atoms with Gasteiger partial charge < -0.3 is 0 Å². The smallest absolute Gasteiger partial charge is 0.0175 e. The highest BCUT2D eigenvalue weighted by Crippen LogP contribution is 2.44. The minimum absolute atomic E-state index is 1.17. The number of hydrogen-bond donors (Lipinski definition) is 0. The second-order valence-corrected chi connectivity index (χ2v) is 5.39. The Labute approximate surface area is 119 Å². The quantitative estimate of drug-likeness (QED) is 0.687. The zero-order chi connectivity index (χ0) is 13.4.